The molecule has 102 valence electrons. The van der Waals surface area contributed by atoms with Gasteiger partial charge in [-0.3, -0.25) is 4.79 Å². The Morgan fingerprint density at radius 1 is 1.22 bits per heavy atom. The predicted molar refractivity (Wildman–Crippen MR) is 85.4 cm³/mol. The van der Waals surface area contributed by atoms with Gasteiger partial charge in [-0.1, -0.05) is 39.0 Å². The van der Waals surface area contributed by atoms with Crippen LogP contribution in [0.4, 0.5) is 0 Å². The van der Waals surface area contributed by atoms with E-state index in [1.807, 2.05) is 6.07 Å². The van der Waals surface area contributed by atoms with Crippen molar-refractivity contribution in [2.75, 3.05) is 6.54 Å². The second kappa shape index (κ2) is 9.10. The molecule has 0 atom stereocenters. The Balaban J connectivity index is 2.14. The third kappa shape index (κ3) is 5.85. The molecule has 0 fully saturated rings. The van der Waals surface area contributed by atoms with Gasteiger partial charge in [0, 0.05) is 11.0 Å². The zero-order chi connectivity index (χ0) is 13.4. The smallest absolute Gasteiger partial charge is 0.261 e. The predicted octanol–water partition coefficient (Wildman–Crippen LogP) is 5.36. The number of unbranched alkanes of at least 4 members (excludes halogenated alkanes) is 5. The van der Waals surface area contributed by atoms with Crippen molar-refractivity contribution in [3.05, 3.63) is 19.2 Å². The molecule has 18 heavy (non-hydrogen) atoms. The highest BCUT2D eigenvalue weighted by atomic mass is 79.9. The molecule has 5 heteroatoms. The molecule has 0 saturated carbocycles. The summed E-state index contributed by atoms with van der Waals surface area (Å²) in [6.45, 7) is 3.00. The Morgan fingerprint density at radius 2 is 1.89 bits per heavy atom. The highest BCUT2D eigenvalue weighted by Gasteiger charge is 2.10. The van der Waals surface area contributed by atoms with E-state index >= 15 is 0 Å². The van der Waals surface area contributed by atoms with Crippen LogP contribution < -0.4 is 5.32 Å². The molecular weight excluding hydrogens is 378 g/mol. The molecule has 0 aromatic carbocycles. The van der Waals surface area contributed by atoms with Crippen LogP contribution in [-0.2, 0) is 0 Å². The van der Waals surface area contributed by atoms with Gasteiger partial charge in [0.15, 0.2) is 0 Å². The summed E-state index contributed by atoms with van der Waals surface area (Å²) in [5.74, 6) is 0.0277. The lowest BCUT2D eigenvalue weighted by atomic mass is 10.1. The molecule has 1 aromatic heterocycles. The molecule has 1 heterocycles. The number of hydrogen-bond donors (Lipinski definition) is 1. The van der Waals surface area contributed by atoms with Crippen molar-refractivity contribution < 1.29 is 4.79 Å². The highest BCUT2D eigenvalue weighted by Crippen LogP contribution is 2.32. The number of rotatable bonds is 8. The first-order valence-corrected chi connectivity index (χ1v) is 8.78. The summed E-state index contributed by atoms with van der Waals surface area (Å²) in [5, 5.41) is 2.96. The molecule has 0 unspecified atom stereocenters. The fraction of sp³-hybridized carbons (Fsp3) is 0.615. The Bertz CT molecular complexity index is 360. The zero-order valence-corrected chi connectivity index (χ0v) is 14.6. The summed E-state index contributed by atoms with van der Waals surface area (Å²) in [5.41, 5.74) is 0. The van der Waals surface area contributed by atoms with E-state index in [-0.39, 0.29) is 5.91 Å². The van der Waals surface area contributed by atoms with Crippen LogP contribution in [0.3, 0.4) is 0 Å². The maximum atomic E-state index is 11.8. The summed E-state index contributed by atoms with van der Waals surface area (Å²) in [6, 6.07) is 1.85. The lowest BCUT2D eigenvalue weighted by Crippen LogP contribution is -2.23. The van der Waals surface area contributed by atoms with Crippen molar-refractivity contribution in [3.63, 3.8) is 0 Å². The third-order valence-corrected chi connectivity index (χ3v) is 5.94. The quantitative estimate of drug-likeness (QED) is 0.588. The lowest BCUT2D eigenvalue weighted by molar-refractivity contribution is 0.0957. The van der Waals surface area contributed by atoms with Gasteiger partial charge in [0.25, 0.3) is 5.91 Å². The van der Waals surface area contributed by atoms with Gasteiger partial charge >= 0.3 is 0 Å². The summed E-state index contributed by atoms with van der Waals surface area (Å²) in [6.07, 6.45) is 7.47. The van der Waals surface area contributed by atoms with E-state index in [9.17, 15) is 4.79 Å². The Morgan fingerprint density at radius 3 is 2.50 bits per heavy atom. The van der Waals surface area contributed by atoms with Crippen LogP contribution in [0.25, 0.3) is 0 Å². The van der Waals surface area contributed by atoms with E-state index in [1.54, 1.807) is 0 Å². The number of carbonyl (C=O) groups is 1. The summed E-state index contributed by atoms with van der Waals surface area (Å²) >= 11 is 8.23. The van der Waals surface area contributed by atoms with Gasteiger partial charge in [-0.2, -0.15) is 0 Å². The minimum Gasteiger partial charge on any atom is -0.351 e. The molecule has 0 radical (unpaired) electrons. The van der Waals surface area contributed by atoms with Crippen LogP contribution >= 0.6 is 43.2 Å². The topological polar surface area (TPSA) is 29.1 Å². The second-order valence-corrected chi connectivity index (χ2v) is 7.48. The van der Waals surface area contributed by atoms with Gasteiger partial charge in [-0.25, -0.2) is 0 Å². The summed E-state index contributed by atoms with van der Waals surface area (Å²) in [4.78, 5) is 12.6. The van der Waals surface area contributed by atoms with E-state index < -0.39 is 0 Å². The SMILES string of the molecule is CCCCCCCCNC(=O)c1cc(Br)c(Br)s1. The average molecular weight is 397 g/mol. The molecule has 0 spiro atoms. The molecule has 0 aliphatic carbocycles. The van der Waals surface area contributed by atoms with Gasteiger partial charge in [-0.05, 0) is 44.3 Å². The molecule has 0 saturated heterocycles. The standard InChI is InChI=1S/C13H19Br2NOS/c1-2-3-4-5-6-7-8-16-13(17)11-9-10(14)12(15)18-11/h9H,2-8H2,1H3,(H,16,17). The van der Waals surface area contributed by atoms with Crippen molar-refractivity contribution in [2.45, 2.75) is 45.4 Å². The summed E-state index contributed by atoms with van der Waals surface area (Å²) in [7, 11) is 0. The molecule has 1 rings (SSSR count). The molecule has 1 aromatic rings. The van der Waals surface area contributed by atoms with E-state index in [1.165, 1.54) is 43.4 Å². The number of thiophene rings is 1. The van der Waals surface area contributed by atoms with Crippen LogP contribution in [0.5, 0.6) is 0 Å². The summed E-state index contributed by atoms with van der Waals surface area (Å²) < 4.78 is 1.91. The van der Waals surface area contributed by atoms with Crippen LogP contribution in [0.15, 0.2) is 14.3 Å². The van der Waals surface area contributed by atoms with Crippen molar-refractivity contribution in [1.82, 2.24) is 5.32 Å². The molecule has 0 aliphatic rings. The Kier molecular flexibility index (Phi) is 8.18. The minimum absolute atomic E-state index is 0.0277. The molecule has 2 nitrogen and oxygen atoms in total. The van der Waals surface area contributed by atoms with Crippen molar-refractivity contribution >= 4 is 49.1 Å². The van der Waals surface area contributed by atoms with E-state index in [0.717, 1.165) is 26.1 Å². The average Bonchev–Trinajstić information content (AvgIpc) is 2.68. The van der Waals surface area contributed by atoms with Gasteiger partial charge < -0.3 is 5.32 Å². The van der Waals surface area contributed by atoms with Crippen molar-refractivity contribution in [2.24, 2.45) is 0 Å². The van der Waals surface area contributed by atoms with Gasteiger partial charge in [0.2, 0.25) is 0 Å². The Labute approximate surface area is 130 Å². The maximum absolute atomic E-state index is 11.8. The van der Waals surface area contributed by atoms with Crippen molar-refractivity contribution in [1.29, 1.82) is 0 Å². The van der Waals surface area contributed by atoms with Crippen LogP contribution in [0.1, 0.15) is 55.1 Å². The van der Waals surface area contributed by atoms with Gasteiger partial charge in [0.1, 0.15) is 0 Å². The first-order chi connectivity index (χ1) is 8.65. The fourth-order valence-electron chi connectivity index (χ4n) is 1.65. The maximum Gasteiger partial charge on any atom is 0.261 e. The fourth-order valence-corrected chi connectivity index (χ4v) is 3.60. The van der Waals surface area contributed by atoms with E-state index in [2.05, 4.69) is 44.1 Å². The third-order valence-electron chi connectivity index (χ3n) is 2.68. The molecular formula is C13H19Br2NOS. The minimum atomic E-state index is 0.0277. The first kappa shape index (κ1) is 16.2. The normalized spacial score (nSPS) is 10.6. The van der Waals surface area contributed by atoms with Crippen LogP contribution in [0, 0.1) is 0 Å². The monoisotopic (exact) mass is 395 g/mol. The largest absolute Gasteiger partial charge is 0.351 e. The molecule has 1 N–H and O–H groups in total. The van der Waals surface area contributed by atoms with Crippen LogP contribution in [-0.4, -0.2) is 12.5 Å². The molecule has 0 bridgehead atoms. The van der Waals surface area contributed by atoms with E-state index in [4.69, 9.17) is 0 Å². The molecule has 1 amide bonds. The number of hydrogen-bond acceptors (Lipinski definition) is 2. The number of amides is 1. The van der Waals surface area contributed by atoms with Gasteiger partial charge in [-0.15, -0.1) is 11.3 Å². The number of carbonyl (C=O) groups excluding carboxylic acids is 1. The van der Waals surface area contributed by atoms with E-state index in [0.29, 0.717) is 0 Å². The van der Waals surface area contributed by atoms with Gasteiger partial charge in [0.05, 0.1) is 8.66 Å². The Hall–Kier alpha value is 0.130. The number of halogens is 2. The molecule has 0 aliphatic heterocycles. The second-order valence-electron chi connectivity index (χ2n) is 4.26. The number of nitrogens with one attached hydrogen (secondary N) is 1. The van der Waals surface area contributed by atoms with Crippen molar-refractivity contribution in [3.8, 4) is 0 Å². The lowest BCUT2D eigenvalue weighted by Gasteiger charge is -2.03. The zero-order valence-electron chi connectivity index (χ0n) is 10.6. The van der Waals surface area contributed by atoms with Crippen LogP contribution in [0.2, 0.25) is 0 Å². The first-order valence-electron chi connectivity index (χ1n) is 6.38. The highest BCUT2D eigenvalue weighted by molar-refractivity contribution is 9.13.